The fourth-order valence-corrected chi connectivity index (χ4v) is 1.59. The molecule has 14 heavy (non-hydrogen) atoms. The normalized spacial score (nSPS) is 10.4. The molecule has 0 atom stereocenters. The van der Waals surface area contributed by atoms with Crippen molar-refractivity contribution in [2.24, 2.45) is 0 Å². The van der Waals surface area contributed by atoms with Gasteiger partial charge in [0.1, 0.15) is 4.60 Å². The van der Waals surface area contributed by atoms with E-state index in [9.17, 15) is 4.79 Å². The lowest BCUT2D eigenvalue weighted by Crippen LogP contribution is -2.06. The first-order chi connectivity index (χ1) is 6.66. The monoisotopic (exact) mass is 255 g/mol. The highest BCUT2D eigenvalue weighted by atomic mass is 79.9. The first-order valence-corrected chi connectivity index (χ1v) is 4.59. The number of fused-ring (bicyclic) bond motifs is 1. The van der Waals surface area contributed by atoms with Crippen LogP contribution in [0.5, 0.6) is 0 Å². The second-order valence-electron chi connectivity index (χ2n) is 2.70. The topological polar surface area (TPSA) is 78.0 Å². The van der Waals surface area contributed by atoms with Crippen LogP contribution in [0.25, 0.3) is 10.9 Å². The Bertz CT molecular complexity index is 494. The fourth-order valence-electron chi connectivity index (χ4n) is 1.18. The smallest absolute Gasteiger partial charge is 0.409 e. The molecule has 3 N–H and O–H groups in total. The standard InChI is InChI=1S/C8H6BrN3O2/c9-7-5-3-4(10-8(13)14)1-2-6(5)11-12-7/h1-3,10H,(H,11,12)(H,13,14). The summed E-state index contributed by atoms with van der Waals surface area (Å²) in [4.78, 5) is 10.4. The van der Waals surface area contributed by atoms with Crippen LogP contribution in [-0.4, -0.2) is 21.4 Å². The number of benzene rings is 1. The molecule has 1 amide bonds. The minimum Gasteiger partial charge on any atom is -0.465 e. The summed E-state index contributed by atoms with van der Waals surface area (Å²) in [5.41, 5.74) is 1.31. The van der Waals surface area contributed by atoms with E-state index in [1.165, 1.54) is 0 Å². The summed E-state index contributed by atoms with van der Waals surface area (Å²) < 4.78 is 0.738. The van der Waals surface area contributed by atoms with E-state index in [1.54, 1.807) is 18.2 Å². The summed E-state index contributed by atoms with van der Waals surface area (Å²) in [5.74, 6) is 0. The molecule has 0 saturated carbocycles. The Hall–Kier alpha value is -1.56. The van der Waals surface area contributed by atoms with Gasteiger partial charge in [-0.1, -0.05) is 0 Å². The average molecular weight is 256 g/mol. The van der Waals surface area contributed by atoms with Crippen LogP contribution in [0.4, 0.5) is 10.5 Å². The molecular formula is C8H6BrN3O2. The van der Waals surface area contributed by atoms with Crippen LogP contribution >= 0.6 is 15.9 Å². The molecule has 1 heterocycles. The maximum absolute atomic E-state index is 10.4. The van der Waals surface area contributed by atoms with Crippen LogP contribution in [-0.2, 0) is 0 Å². The van der Waals surface area contributed by atoms with Gasteiger partial charge in [-0.3, -0.25) is 10.4 Å². The van der Waals surface area contributed by atoms with Gasteiger partial charge in [-0.25, -0.2) is 4.79 Å². The lowest BCUT2D eigenvalue weighted by Gasteiger charge is -1.99. The van der Waals surface area contributed by atoms with Crippen LogP contribution in [0.2, 0.25) is 0 Å². The van der Waals surface area contributed by atoms with E-state index in [-0.39, 0.29) is 0 Å². The SMILES string of the molecule is O=C(O)Nc1ccc2n[nH]c(Br)c2c1. The molecule has 2 aromatic rings. The Kier molecular flexibility index (Phi) is 2.12. The number of amides is 1. The van der Waals surface area contributed by atoms with E-state index in [0.29, 0.717) is 5.69 Å². The van der Waals surface area contributed by atoms with Gasteiger partial charge in [-0.05, 0) is 34.1 Å². The Morgan fingerprint density at radius 3 is 3.07 bits per heavy atom. The highest BCUT2D eigenvalue weighted by Gasteiger charge is 2.04. The number of halogens is 1. The third kappa shape index (κ3) is 1.56. The minimum atomic E-state index is -1.08. The molecule has 0 bridgehead atoms. The van der Waals surface area contributed by atoms with Gasteiger partial charge in [0, 0.05) is 11.1 Å². The molecule has 0 unspecified atom stereocenters. The van der Waals surface area contributed by atoms with E-state index in [0.717, 1.165) is 15.5 Å². The number of hydrogen-bond donors (Lipinski definition) is 3. The number of anilines is 1. The zero-order valence-corrected chi connectivity index (χ0v) is 8.50. The summed E-state index contributed by atoms with van der Waals surface area (Å²) in [5, 5.41) is 18.4. The zero-order chi connectivity index (χ0) is 10.1. The van der Waals surface area contributed by atoms with Crippen molar-refractivity contribution in [2.75, 3.05) is 5.32 Å². The number of rotatable bonds is 1. The molecule has 0 fully saturated rings. The van der Waals surface area contributed by atoms with Gasteiger partial charge in [0.15, 0.2) is 0 Å². The molecule has 0 radical (unpaired) electrons. The number of nitrogens with one attached hydrogen (secondary N) is 2. The number of H-pyrrole nitrogens is 1. The van der Waals surface area contributed by atoms with E-state index in [4.69, 9.17) is 5.11 Å². The van der Waals surface area contributed by atoms with Crippen LogP contribution in [0.3, 0.4) is 0 Å². The highest BCUT2D eigenvalue weighted by Crippen LogP contribution is 2.23. The molecule has 1 aromatic heterocycles. The van der Waals surface area contributed by atoms with E-state index < -0.39 is 6.09 Å². The average Bonchev–Trinajstić information content (AvgIpc) is 2.47. The van der Waals surface area contributed by atoms with Gasteiger partial charge in [0.2, 0.25) is 0 Å². The molecule has 0 saturated heterocycles. The molecular weight excluding hydrogens is 250 g/mol. The van der Waals surface area contributed by atoms with E-state index >= 15 is 0 Å². The molecule has 0 spiro atoms. The number of nitrogens with zero attached hydrogens (tertiary/aromatic N) is 1. The van der Waals surface area contributed by atoms with Crippen molar-refractivity contribution < 1.29 is 9.90 Å². The Morgan fingerprint density at radius 1 is 1.57 bits per heavy atom. The number of hydrogen-bond acceptors (Lipinski definition) is 2. The maximum atomic E-state index is 10.4. The Balaban J connectivity index is 2.49. The van der Waals surface area contributed by atoms with Gasteiger partial charge in [-0.15, -0.1) is 0 Å². The van der Waals surface area contributed by atoms with E-state index in [2.05, 4.69) is 31.4 Å². The van der Waals surface area contributed by atoms with Crippen LogP contribution in [0.1, 0.15) is 0 Å². The molecule has 6 heteroatoms. The molecule has 5 nitrogen and oxygen atoms in total. The second-order valence-corrected chi connectivity index (χ2v) is 3.49. The minimum absolute atomic E-state index is 0.520. The molecule has 72 valence electrons. The number of carbonyl (C=O) groups is 1. The van der Waals surface area contributed by atoms with Gasteiger partial charge in [0.05, 0.1) is 5.52 Å². The zero-order valence-electron chi connectivity index (χ0n) is 6.91. The van der Waals surface area contributed by atoms with Crippen molar-refractivity contribution in [3.8, 4) is 0 Å². The lowest BCUT2D eigenvalue weighted by atomic mass is 10.2. The maximum Gasteiger partial charge on any atom is 0.409 e. The fraction of sp³-hybridized carbons (Fsp3) is 0. The summed E-state index contributed by atoms with van der Waals surface area (Å²) in [6.07, 6.45) is -1.08. The van der Waals surface area contributed by atoms with Crippen LogP contribution < -0.4 is 5.32 Å². The predicted octanol–water partition coefficient (Wildman–Crippen LogP) is 2.42. The molecule has 2 rings (SSSR count). The number of carboxylic acid groups (broad SMARTS) is 1. The molecule has 1 aromatic carbocycles. The summed E-state index contributed by atoms with van der Waals surface area (Å²) in [6.45, 7) is 0. The highest BCUT2D eigenvalue weighted by molar-refractivity contribution is 9.10. The quantitative estimate of drug-likeness (QED) is 0.733. The molecule has 0 aliphatic carbocycles. The van der Waals surface area contributed by atoms with Crippen LogP contribution in [0.15, 0.2) is 22.8 Å². The number of aromatic nitrogens is 2. The van der Waals surface area contributed by atoms with Crippen molar-refractivity contribution in [1.29, 1.82) is 0 Å². The van der Waals surface area contributed by atoms with Crippen molar-refractivity contribution in [3.05, 3.63) is 22.8 Å². The Labute approximate surface area is 87.2 Å². The summed E-state index contributed by atoms with van der Waals surface area (Å²) in [7, 11) is 0. The van der Waals surface area contributed by atoms with Gasteiger partial charge in [0.25, 0.3) is 0 Å². The van der Waals surface area contributed by atoms with Gasteiger partial charge < -0.3 is 5.11 Å². The molecule has 0 aliphatic heterocycles. The second kappa shape index (κ2) is 3.30. The first kappa shape index (κ1) is 9.01. The van der Waals surface area contributed by atoms with Crippen molar-refractivity contribution in [1.82, 2.24) is 10.2 Å². The first-order valence-electron chi connectivity index (χ1n) is 3.80. The van der Waals surface area contributed by atoms with Crippen molar-refractivity contribution in [3.63, 3.8) is 0 Å². The lowest BCUT2D eigenvalue weighted by molar-refractivity contribution is 0.210. The largest absolute Gasteiger partial charge is 0.465 e. The Morgan fingerprint density at radius 2 is 2.36 bits per heavy atom. The van der Waals surface area contributed by atoms with Crippen molar-refractivity contribution in [2.45, 2.75) is 0 Å². The third-order valence-electron chi connectivity index (χ3n) is 1.76. The molecule has 0 aliphatic rings. The predicted molar refractivity (Wildman–Crippen MR) is 55.4 cm³/mol. The summed E-state index contributed by atoms with van der Waals surface area (Å²) >= 11 is 3.27. The van der Waals surface area contributed by atoms with Gasteiger partial charge >= 0.3 is 6.09 Å². The summed E-state index contributed by atoms with van der Waals surface area (Å²) in [6, 6.07) is 5.10. The van der Waals surface area contributed by atoms with Gasteiger partial charge in [-0.2, -0.15) is 5.10 Å². The van der Waals surface area contributed by atoms with Crippen molar-refractivity contribution >= 4 is 38.6 Å². The van der Waals surface area contributed by atoms with E-state index in [1.807, 2.05) is 0 Å². The van der Waals surface area contributed by atoms with Crippen LogP contribution in [0, 0.1) is 0 Å². The number of aromatic amines is 1. The third-order valence-corrected chi connectivity index (χ3v) is 2.36.